The van der Waals surface area contributed by atoms with E-state index in [-0.39, 0.29) is 0 Å². The molecule has 0 unspecified atom stereocenters. The molecule has 0 amide bonds. The zero-order chi connectivity index (χ0) is 14.1. The molecule has 0 bridgehead atoms. The van der Waals surface area contributed by atoms with Crippen molar-refractivity contribution in [2.75, 3.05) is 5.32 Å². The van der Waals surface area contributed by atoms with Crippen molar-refractivity contribution in [1.29, 1.82) is 0 Å². The lowest BCUT2D eigenvalue weighted by molar-refractivity contribution is 0.774. The van der Waals surface area contributed by atoms with Crippen LogP contribution in [-0.2, 0) is 13.6 Å². The van der Waals surface area contributed by atoms with Crippen LogP contribution in [0.15, 0.2) is 36.5 Å². The zero-order valence-electron chi connectivity index (χ0n) is 11.4. The quantitative estimate of drug-likeness (QED) is 0.801. The Bertz CT molecular complexity index is 764. The minimum atomic E-state index is 0.715. The third-order valence-electron chi connectivity index (χ3n) is 3.25. The largest absolute Gasteiger partial charge is 0.380 e. The van der Waals surface area contributed by atoms with Crippen molar-refractivity contribution in [3.63, 3.8) is 0 Å². The normalized spacial score (nSPS) is 10.9. The van der Waals surface area contributed by atoms with Gasteiger partial charge in [0.05, 0.1) is 17.6 Å². The summed E-state index contributed by atoms with van der Waals surface area (Å²) in [5.41, 5.74) is 4.01. The number of nitrogens with one attached hydrogen (secondary N) is 1. The van der Waals surface area contributed by atoms with E-state index in [9.17, 15) is 0 Å². The standard InChI is InChI=1S/C15H15ClN4/c1-10-14-7-13(9-18-15(14)20(2)19-10)17-8-11-4-3-5-12(16)6-11/h3-7,9,17H,8H2,1-2H3. The van der Waals surface area contributed by atoms with Gasteiger partial charge in [-0.1, -0.05) is 23.7 Å². The summed E-state index contributed by atoms with van der Waals surface area (Å²) >= 11 is 5.98. The van der Waals surface area contributed by atoms with Gasteiger partial charge in [0, 0.05) is 24.0 Å². The van der Waals surface area contributed by atoms with Crippen LogP contribution in [0.5, 0.6) is 0 Å². The molecule has 0 saturated heterocycles. The molecule has 5 heteroatoms. The van der Waals surface area contributed by atoms with Crippen LogP contribution in [0.3, 0.4) is 0 Å². The Balaban J connectivity index is 1.83. The molecule has 102 valence electrons. The summed E-state index contributed by atoms with van der Waals surface area (Å²) in [6.07, 6.45) is 1.83. The summed E-state index contributed by atoms with van der Waals surface area (Å²) in [6.45, 7) is 2.71. The molecule has 1 N–H and O–H groups in total. The predicted octanol–water partition coefficient (Wildman–Crippen LogP) is 3.54. The number of benzene rings is 1. The Kier molecular flexibility index (Phi) is 3.32. The molecule has 0 atom stereocenters. The van der Waals surface area contributed by atoms with Crippen molar-refractivity contribution in [2.24, 2.45) is 7.05 Å². The van der Waals surface area contributed by atoms with Gasteiger partial charge in [0.15, 0.2) is 5.65 Å². The van der Waals surface area contributed by atoms with Crippen LogP contribution in [0, 0.1) is 6.92 Å². The van der Waals surface area contributed by atoms with E-state index in [1.165, 1.54) is 0 Å². The SMILES string of the molecule is Cc1nn(C)c2ncc(NCc3cccc(Cl)c3)cc12. The van der Waals surface area contributed by atoms with Gasteiger partial charge in [-0.3, -0.25) is 4.68 Å². The van der Waals surface area contributed by atoms with E-state index in [0.717, 1.165) is 33.0 Å². The van der Waals surface area contributed by atoms with Gasteiger partial charge in [0.1, 0.15) is 0 Å². The highest BCUT2D eigenvalue weighted by Crippen LogP contribution is 2.20. The van der Waals surface area contributed by atoms with Gasteiger partial charge >= 0.3 is 0 Å². The molecule has 3 rings (SSSR count). The number of hydrogen-bond acceptors (Lipinski definition) is 3. The second-order valence-corrected chi connectivity index (χ2v) is 5.22. The van der Waals surface area contributed by atoms with Crippen molar-refractivity contribution in [3.05, 3.63) is 52.8 Å². The lowest BCUT2D eigenvalue weighted by atomic mass is 10.2. The number of hydrogen-bond donors (Lipinski definition) is 1. The van der Waals surface area contributed by atoms with Crippen LogP contribution in [0.2, 0.25) is 5.02 Å². The molecule has 0 aliphatic carbocycles. The highest BCUT2D eigenvalue weighted by Gasteiger charge is 2.06. The van der Waals surface area contributed by atoms with Crippen LogP contribution in [-0.4, -0.2) is 14.8 Å². The Labute approximate surface area is 122 Å². The molecule has 2 heterocycles. The van der Waals surface area contributed by atoms with E-state index in [4.69, 9.17) is 11.6 Å². The first-order chi connectivity index (χ1) is 9.63. The van der Waals surface area contributed by atoms with E-state index < -0.39 is 0 Å². The number of fused-ring (bicyclic) bond motifs is 1. The molecule has 0 radical (unpaired) electrons. The molecular formula is C15H15ClN4. The van der Waals surface area contributed by atoms with Crippen LogP contribution >= 0.6 is 11.6 Å². The number of rotatable bonds is 3. The summed E-state index contributed by atoms with van der Waals surface area (Å²) in [7, 11) is 1.90. The first-order valence-corrected chi connectivity index (χ1v) is 6.79. The van der Waals surface area contributed by atoms with Crippen LogP contribution in [0.4, 0.5) is 5.69 Å². The van der Waals surface area contributed by atoms with Gasteiger partial charge in [-0.25, -0.2) is 4.98 Å². The monoisotopic (exact) mass is 286 g/mol. The maximum absolute atomic E-state index is 5.98. The van der Waals surface area contributed by atoms with Crippen molar-refractivity contribution in [3.8, 4) is 0 Å². The van der Waals surface area contributed by atoms with Gasteiger partial charge in [-0.05, 0) is 30.7 Å². The topological polar surface area (TPSA) is 42.7 Å². The molecule has 0 saturated carbocycles. The third kappa shape index (κ3) is 2.47. The minimum absolute atomic E-state index is 0.715. The van der Waals surface area contributed by atoms with Crippen molar-refractivity contribution >= 4 is 28.3 Å². The highest BCUT2D eigenvalue weighted by molar-refractivity contribution is 6.30. The van der Waals surface area contributed by atoms with Gasteiger partial charge < -0.3 is 5.32 Å². The average Bonchev–Trinajstić information content (AvgIpc) is 2.72. The van der Waals surface area contributed by atoms with Gasteiger partial charge in [-0.15, -0.1) is 0 Å². The predicted molar refractivity (Wildman–Crippen MR) is 82.0 cm³/mol. The number of aromatic nitrogens is 3. The molecule has 0 aliphatic heterocycles. The molecule has 0 fully saturated rings. The maximum Gasteiger partial charge on any atom is 0.157 e. The lowest BCUT2D eigenvalue weighted by Crippen LogP contribution is -2.00. The van der Waals surface area contributed by atoms with Crippen molar-refractivity contribution in [1.82, 2.24) is 14.8 Å². The molecule has 0 aliphatic rings. The fourth-order valence-corrected chi connectivity index (χ4v) is 2.47. The second kappa shape index (κ2) is 5.13. The summed E-state index contributed by atoms with van der Waals surface area (Å²) in [5.74, 6) is 0. The average molecular weight is 287 g/mol. The maximum atomic E-state index is 5.98. The first-order valence-electron chi connectivity index (χ1n) is 6.41. The van der Waals surface area contributed by atoms with Crippen molar-refractivity contribution < 1.29 is 0 Å². The molecule has 3 aromatic rings. The summed E-state index contributed by atoms with van der Waals surface area (Å²) in [4.78, 5) is 4.44. The van der Waals surface area contributed by atoms with E-state index in [1.807, 2.05) is 44.4 Å². The summed E-state index contributed by atoms with van der Waals surface area (Å²) in [6, 6.07) is 9.90. The van der Waals surface area contributed by atoms with Gasteiger partial charge in [0.25, 0.3) is 0 Å². The number of anilines is 1. The van der Waals surface area contributed by atoms with E-state index in [2.05, 4.69) is 21.5 Å². The van der Waals surface area contributed by atoms with Crippen molar-refractivity contribution in [2.45, 2.75) is 13.5 Å². The molecule has 1 aromatic carbocycles. The Morgan fingerprint density at radius 1 is 1.30 bits per heavy atom. The number of nitrogens with zero attached hydrogens (tertiary/aromatic N) is 3. The van der Waals surface area contributed by atoms with E-state index in [0.29, 0.717) is 6.54 Å². The van der Waals surface area contributed by atoms with E-state index >= 15 is 0 Å². The van der Waals surface area contributed by atoms with E-state index in [1.54, 1.807) is 4.68 Å². The van der Waals surface area contributed by atoms with Gasteiger partial charge in [0.2, 0.25) is 0 Å². The fourth-order valence-electron chi connectivity index (χ4n) is 2.26. The smallest absolute Gasteiger partial charge is 0.157 e. The van der Waals surface area contributed by atoms with Crippen LogP contribution in [0.1, 0.15) is 11.3 Å². The molecule has 20 heavy (non-hydrogen) atoms. The minimum Gasteiger partial charge on any atom is -0.380 e. The molecule has 0 spiro atoms. The Hall–Kier alpha value is -2.07. The van der Waals surface area contributed by atoms with Crippen LogP contribution in [0.25, 0.3) is 11.0 Å². The number of pyridine rings is 1. The van der Waals surface area contributed by atoms with Crippen LogP contribution < -0.4 is 5.32 Å². The third-order valence-corrected chi connectivity index (χ3v) is 3.48. The Morgan fingerprint density at radius 3 is 2.95 bits per heavy atom. The fraction of sp³-hybridized carbons (Fsp3) is 0.200. The number of halogens is 1. The second-order valence-electron chi connectivity index (χ2n) is 4.79. The Morgan fingerprint density at radius 2 is 2.15 bits per heavy atom. The molecule has 4 nitrogen and oxygen atoms in total. The molecule has 2 aromatic heterocycles. The zero-order valence-corrected chi connectivity index (χ0v) is 12.1. The first kappa shape index (κ1) is 12.9. The molecular weight excluding hydrogens is 272 g/mol. The summed E-state index contributed by atoms with van der Waals surface area (Å²) in [5, 5.41) is 9.55. The summed E-state index contributed by atoms with van der Waals surface area (Å²) < 4.78 is 1.80. The lowest BCUT2D eigenvalue weighted by Gasteiger charge is -2.07. The van der Waals surface area contributed by atoms with Gasteiger partial charge in [-0.2, -0.15) is 5.10 Å². The number of aryl methyl sites for hydroxylation is 2. The highest BCUT2D eigenvalue weighted by atomic mass is 35.5.